The van der Waals surface area contributed by atoms with Crippen LogP contribution in [0.2, 0.25) is 0 Å². The molecule has 0 atom stereocenters. The summed E-state index contributed by atoms with van der Waals surface area (Å²) < 4.78 is 15.6. The topological polar surface area (TPSA) is 125 Å². The molecule has 138 valence electrons. The van der Waals surface area contributed by atoms with Gasteiger partial charge in [0.15, 0.2) is 5.75 Å². The number of ether oxygens (including phenoxy) is 3. The van der Waals surface area contributed by atoms with E-state index < -0.39 is 34.1 Å². The molecule has 0 unspecified atom stereocenters. The molecule has 0 radical (unpaired) electrons. The van der Waals surface area contributed by atoms with Gasteiger partial charge in [-0.1, -0.05) is 6.42 Å². The van der Waals surface area contributed by atoms with Crippen LogP contribution in [-0.2, 0) is 19.1 Å². The third-order valence-corrected chi connectivity index (χ3v) is 4.42. The molecule has 1 N–H and O–H groups in total. The fourth-order valence-electron chi connectivity index (χ4n) is 3.12. The van der Waals surface area contributed by atoms with Gasteiger partial charge < -0.3 is 19.3 Å². The van der Waals surface area contributed by atoms with Gasteiger partial charge in [-0.2, -0.15) is 0 Å². The molecular weight excluding hydrogens is 346 g/mol. The Morgan fingerprint density at radius 1 is 1.19 bits per heavy atom. The summed E-state index contributed by atoms with van der Waals surface area (Å²) in [5, 5.41) is 20.8. The van der Waals surface area contributed by atoms with Crippen LogP contribution in [0.4, 0.5) is 5.69 Å². The fourth-order valence-corrected chi connectivity index (χ4v) is 3.12. The normalized spacial score (nSPS) is 18.9. The quantitative estimate of drug-likeness (QED) is 0.285. The molecule has 0 amide bonds. The van der Waals surface area contributed by atoms with Gasteiger partial charge in [0.2, 0.25) is 5.75 Å². The summed E-state index contributed by atoms with van der Waals surface area (Å²) in [6.07, 6.45) is 4.60. The molecule has 0 aromatic heterocycles. The Balaban J connectivity index is 1.95. The van der Waals surface area contributed by atoms with Crippen molar-refractivity contribution in [2.45, 2.75) is 37.9 Å². The maximum absolute atomic E-state index is 12.3. The maximum atomic E-state index is 12.3. The minimum absolute atomic E-state index is 0.120. The molecule has 26 heavy (non-hydrogen) atoms. The number of nitrogens with zero attached hydrogens (tertiary/aromatic N) is 1. The number of methoxy groups -OCH3 is 1. The third kappa shape index (κ3) is 3.19. The van der Waals surface area contributed by atoms with Crippen molar-refractivity contribution >= 4 is 23.7 Å². The summed E-state index contributed by atoms with van der Waals surface area (Å²) in [4.78, 5) is 34.9. The van der Waals surface area contributed by atoms with E-state index >= 15 is 0 Å². The highest BCUT2D eigenvalue weighted by molar-refractivity contribution is 6.19. The molecule has 0 bridgehead atoms. The van der Waals surface area contributed by atoms with E-state index in [4.69, 9.17) is 14.2 Å². The molecule has 2 fully saturated rings. The van der Waals surface area contributed by atoms with E-state index in [0.717, 1.165) is 31.4 Å². The summed E-state index contributed by atoms with van der Waals surface area (Å²) in [6.45, 7) is 0. The summed E-state index contributed by atoms with van der Waals surface area (Å²) >= 11 is 0. The monoisotopic (exact) mass is 363 g/mol. The van der Waals surface area contributed by atoms with Crippen LogP contribution < -0.4 is 4.74 Å². The van der Waals surface area contributed by atoms with Crippen molar-refractivity contribution in [3.8, 4) is 11.5 Å². The highest BCUT2D eigenvalue weighted by atomic mass is 16.7. The van der Waals surface area contributed by atoms with E-state index in [-0.39, 0.29) is 16.9 Å². The molecule has 1 aromatic rings. The molecule has 2 aliphatic rings. The molecule has 9 heteroatoms. The fraction of sp³-hybridized carbons (Fsp3) is 0.412. The van der Waals surface area contributed by atoms with Crippen molar-refractivity contribution in [1.29, 1.82) is 0 Å². The number of benzene rings is 1. The number of hydrogen-bond acceptors (Lipinski definition) is 8. The number of nitro benzene ring substituents is 1. The van der Waals surface area contributed by atoms with Crippen molar-refractivity contribution in [2.24, 2.45) is 0 Å². The number of phenols is 1. The maximum Gasteiger partial charge on any atom is 0.348 e. The second kappa shape index (κ2) is 6.66. The largest absolute Gasteiger partial charge is 0.500 e. The predicted octanol–water partition coefficient (Wildman–Crippen LogP) is 2.45. The molecule has 1 aliphatic heterocycles. The zero-order valence-corrected chi connectivity index (χ0v) is 14.0. The lowest BCUT2D eigenvalue weighted by Crippen LogP contribution is -2.47. The average Bonchev–Trinajstić information content (AvgIpc) is 2.59. The van der Waals surface area contributed by atoms with Crippen LogP contribution in [0.15, 0.2) is 17.7 Å². The molecule has 9 nitrogen and oxygen atoms in total. The molecule has 1 aliphatic carbocycles. The van der Waals surface area contributed by atoms with Crippen LogP contribution in [0, 0.1) is 10.1 Å². The van der Waals surface area contributed by atoms with E-state index in [9.17, 15) is 24.8 Å². The van der Waals surface area contributed by atoms with Gasteiger partial charge in [0.1, 0.15) is 5.57 Å². The van der Waals surface area contributed by atoms with Crippen LogP contribution in [0.3, 0.4) is 0 Å². The van der Waals surface area contributed by atoms with Gasteiger partial charge in [-0.15, -0.1) is 0 Å². The second-order valence-electron chi connectivity index (χ2n) is 6.16. The Morgan fingerprint density at radius 2 is 1.81 bits per heavy atom. The molecule has 1 spiro atoms. The lowest BCUT2D eigenvalue weighted by Gasteiger charge is -2.38. The number of esters is 2. The van der Waals surface area contributed by atoms with Gasteiger partial charge in [0.05, 0.1) is 12.0 Å². The van der Waals surface area contributed by atoms with Gasteiger partial charge in [0, 0.05) is 18.9 Å². The lowest BCUT2D eigenvalue weighted by atomic mass is 9.93. The number of rotatable bonds is 3. The Morgan fingerprint density at radius 3 is 2.35 bits per heavy atom. The minimum atomic E-state index is -1.21. The Bertz CT molecular complexity index is 785. The SMILES string of the molecule is COc1cc(C=C2C(=O)OC3(CCCCC3)OC2=O)cc([N+](=O)[O-])c1O. The van der Waals surface area contributed by atoms with Crippen molar-refractivity contribution in [3.05, 3.63) is 33.4 Å². The minimum Gasteiger partial charge on any atom is -0.500 e. The molecule has 1 saturated carbocycles. The Hall–Kier alpha value is -3.10. The zero-order chi connectivity index (χ0) is 18.9. The molecule has 1 aromatic carbocycles. The predicted molar refractivity (Wildman–Crippen MR) is 87.3 cm³/mol. The summed E-state index contributed by atoms with van der Waals surface area (Å²) in [7, 11) is 1.23. The summed E-state index contributed by atoms with van der Waals surface area (Å²) in [6, 6.07) is 2.29. The molecule has 1 heterocycles. The molecular formula is C17H17NO8. The number of aromatic hydroxyl groups is 1. The lowest BCUT2D eigenvalue weighted by molar-refractivity contribution is -0.386. The van der Waals surface area contributed by atoms with Crippen molar-refractivity contribution in [3.63, 3.8) is 0 Å². The van der Waals surface area contributed by atoms with E-state index in [2.05, 4.69) is 0 Å². The second-order valence-corrected chi connectivity index (χ2v) is 6.16. The number of carbonyl (C=O) groups is 2. The van der Waals surface area contributed by atoms with E-state index in [1.165, 1.54) is 13.2 Å². The first-order chi connectivity index (χ1) is 12.3. The van der Waals surface area contributed by atoms with E-state index in [1.54, 1.807) is 0 Å². The van der Waals surface area contributed by atoms with E-state index in [0.29, 0.717) is 12.8 Å². The molecule has 3 rings (SSSR count). The zero-order valence-electron chi connectivity index (χ0n) is 14.0. The van der Waals surface area contributed by atoms with Gasteiger partial charge in [-0.3, -0.25) is 10.1 Å². The van der Waals surface area contributed by atoms with Crippen molar-refractivity contribution < 1.29 is 33.8 Å². The first-order valence-corrected chi connectivity index (χ1v) is 8.09. The smallest absolute Gasteiger partial charge is 0.348 e. The number of phenolic OH excluding ortho intramolecular Hbond substituents is 1. The van der Waals surface area contributed by atoms with Crippen LogP contribution in [-0.4, -0.2) is 34.9 Å². The van der Waals surface area contributed by atoms with Crippen LogP contribution >= 0.6 is 0 Å². The summed E-state index contributed by atoms with van der Waals surface area (Å²) in [5.74, 6) is -3.68. The first-order valence-electron chi connectivity index (χ1n) is 8.09. The molecule has 1 saturated heterocycles. The van der Waals surface area contributed by atoms with Crippen molar-refractivity contribution in [2.75, 3.05) is 7.11 Å². The van der Waals surface area contributed by atoms with Crippen molar-refractivity contribution in [1.82, 2.24) is 0 Å². The average molecular weight is 363 g/mol. The van der Waals surface area contributed by atoms with E-state index in [1.807, 2.05) is 0 Å². The first kappa shape index (κ1) is 17.7. The third-order valence-electron chi connectivity index (χ3n) is 4.42. The standard InChI is InChI=1S/C17H17NO8/c1-24-13-9-10(8-12(14(13)19)18(22)23)7-11-15(20)25-17(26-16(11)21)5-3-2-4-6-17/h7-9,19H,2-6H2,1H3. The Kier molecular flexibility index (Phi) is 4.54. The van der Waals surface area contributed by atoms with Gasteiger partial charge in [-0.25, -0.2) is 9.59 Å². The van der Waals surface area contributed by atoms with Crippen LogP contribution in [0.1, 0.15) is 37.7 Å². The number of hydrogen-bond donors (Lipinski definition) is 1. The van der Waals surface area contributed by atoms with Crippen LogP contribution in [0.25, 0.3) is 6.08 Å². The highest BCUT2D eigenvalue weighted by Gasteiger charge is 2.46. The van der Waals surface area contributed by atoms with Gasteiger partial charge in [-0.05, 0) is 30.5 Å². The van der Waals surface area contributed by atoms with Gasteiger partial charge in [0.25, 0.3) is 5.79 Å². The highest BCUT2D eigenvalue weighted by Crippen LogP contribution is 2.39. The van der Waals surface area contributed by atoms with Crippen LogP contribution in [0.5, 0.6) is 11.5 Å². The Labute approximate surface area is 148 Å². The summed E-state index contributed by atoms with van der Waals surface area (Å²) in [5.41, 5.74) is -0.865. The number of carbonyl (C=O) groups excluding carboxylic acids is 2. The van der Waals surface area contributed by atoms with Gasteiger partial charge >= 0.3 is 17.6 Å². The number of nitro groups is 1.